The lowest BCUT2D eigenvalue weighted by atomic mass is 9.85. The highest BCUT2D eigenvalue weighted by Gasteiger charge is 2.36. The van der Waals surface area contributed by atoms with E-state index in [4.69, 9.17) is 4.74 Å². The number of carbonyl (C=O) groups is 4. The van der Waals surface area contributed by atoms with Crippen molar-refractivity contribution >= 4 is 34.6 Å². The van der Waals surface area contributed by atoms with Crippen LogP contribution < -0.4 is 0 Å². The van der Waals surface area contributed by atoms with Crippen LogP contribution in [0.4, 0.5) is 4.79 Å². The van der Waals surface area contributed by atoms with Crippen LogP contribution in [-0.2, 0) is 16.0 Å². The summed E-state index contributed by atoms with van der Waals surface area (Å²) in [5.41, 5.74) is 0.0975. The number of piperidine rings is 1. The van der Waals surface area contributed by atoms with Crippen molar-refractivity contribution in [3.05, 3.63) is 65.4 Å². The number of amides is 2. The number of aliphatic hydroxyl groups is 1. The van der Waals surface area contributed by atoms with E-state index in [0.29, 0.717) is 45.4 Å². The van der Waals surface area contributed by atoms with Gasteiger partial charge in [0.25, 0.3) is 17.6 Å². The number of phenolic OH excluding ortho intramolecular Hbond substituents is 1. The Morgan fingerprint density at radius 3 is 2.21 bits per heavy atom. The van der Waals surface area contributed by atoms with Crippen molar-refractivity contribution in [3.63, 3.8) is 0 Å². The number of likely N-dealkylation sites (N-methyl/N-ethyl adjacent to an activating group) is 1. The SMILES string of the molecule is CCOC(=O)n1cc(C(=O)C(=O)N2CCN(C)CC2)c2cc(C(=O)N3CCC(O)(Cc4ccccc4)CC3)c(O)cc21. The van der Waals surface area contributed by atoms with Gasteiger partial charge in [-0.1, -0.05) is 30.3 Å². The van der Waals surface area contributed by atoms with Gasteiger partial charge in [-0.25, -0.2) is 4.79 Å². The topological polar surface area (TPSA) is 133 Å². The Bertz CT molecular complexity index is 1500. The van der Waals surface area contributed by atoms with Gasteiger partial charge in [0.1, 0.15) is 5.75 Å². The smallest absolute Gasteiger partial charge is 0.418 e. The number of likely N-dealkylation sites (tertiary alicyclic amines) is 1. The van der Waals surface area contributed by atoms with Crippen LogP contribution in [0.2, 0.25) is 0 Å². The summed E-state index contributed by atoms with van der Waals surface area (Å²) in [4.78, 5) is 58.0. The number of carbonyl (C=O) groups excluding carboxylic acids is 4. The number of rotatable bonds is 6. The molecule has 2 amide bonds. The summed E-state index contributed by atoms with van der Waals surface area (Å²) >= 11 is 0. The molecule has 0 atom stereocenters. The molecule has 2 aliphatic rings. The van der Waals surface area contributed by atoms with Gasteiger partial charge in [-0.05, 0) is 38.4 Å². The number of hydrogen-bond acceptors (Lipinski definition) is 8. The van der Waals surface area contributed by atoms with Crippen LogP contribution in [0.3, 0.4) is 0 Å². The van der Waals surface area contributed by atoms with E-state index in [0.717, 1.165) is 10.1 Å². The molecule has 0 bridgehead atoms. The van der Waals surface area contributed by atoms with E-state index in [1.54, 1.807) is 11.8 Å². The molecule has 2 aliphatic heterocycles. The number of piperazine rings is 1. The molecule has 11 heteroatoms. The average Bonchev–Trinajstić information content (AvgIpc) is 3.35. The molecular weight excluding hydrogens is 540 g/mol. The van der Waals surface area contributed by atoms with Gasteiger partial charge in [0, 0.05) is 63.3 Å². The molecule has 2 N–H and O–H groups in total. The second-order valence-corrected chi connectivity index (χ2v) is 11.1. The number of aromatic nitrogens is 1. The first kappa shape index (κ1) is 29.3. The Morgan fingerprint density at radius 2 is 1.57 bits per heavy atom. The lowest BCUT2D eigenvalue weighted by Gasteiger charge is -2.38. The Kier molecular flexibility index (Phi) is 8.33. The highest BCUT2D eigenvalue weighted by Crippen LogP contribution is 2.33. The average molecular weight is 577 g/mol. The summed E-state index contributed by atoms with van der Waals surface area (Å²) in [5, 5.41) is 22.2. The highest BCUT2D eigenvalue weighted by atomic mass is 16.5. The van der Waals surface area contributed by atoms with Crippen LogP contribution in [0.5, 0.6) is 5.75 Å². The summed E-state index contributed by atoms with van der Waals surface area (Å²) in [5.74, 6) is -2.34. The van der Waals surface area contributed by atoms with Crippen LogP contribution in [-0.4, -0.2) is 112 Å². The quantitative estimate of drug-likeness (QED) is 0.338. The summed E-state index contributed by atoms with van der Waals surface area (Å²) < 4.78 is 6.20. The van der Waals surface area contributed by atoms with Gasteiger partial charge in [0.05, 0.1) is 28.9 Å². The molecule has 5 rings (SSSR count). The van der Waals surface area contributed by atoms with Crippen LogP contribution in [0.25, 0.3) is 10.9 Å². The molecule has 0 unspecified atom stereocenters. The Hall–Kier alpha value is -4.22. The monoisotopic (exact) mass is 576 g/mol. The first-order chi connectivity index (χ1) is 20.1. The first-order valence-electron chi connectivity index (χ1n) is 14.2. The number of fused-ring (bicyclic) bond motifs is 1. The lowest BCUT2D eigenvalue weighted by molar-refractivity contribution is -0.127. The van der Waals surface area contributed by atoms with E-state index in [1.165, 1.54) is 23.2 Å². The Balaban J connectivity index is 1.42. The third-order valence-corrected chi connectivity index (χ3v) is 8.20. The van der Waals surface area contributed by atoms with Gasteiger partial charge < -0.3 is 29.6 Å². The second kappa shape index (κ2) is 11.9. The molecule has 3 aromatic rings. The van der Waals surface area contributed by atoms with Gasteiger partial charge >= 0.3 is 6.09 Å². The fraction of sp³-hybridized carbons (Fsp3) is 0.419. The zero-order valence-electron chi connectivity index (χ0n) is 23.9. The van der Waals surface area contributed by atoms with Crippen molar-refractivity contribution in [1.29, 1.82) is 0 Å². The van der Waals surface area contributed by atoms with Crippen molar-refractivity contribution in [3.8, 4) is 5.75 Å². The molecule has 2 aromatic carbocycles. The van der Waals surface area contributed by atoms with Crippen LogP contribution in [0.15, 0.2) is 48.7 Å². The number of ketones is 1. The number of aromatic hydroxyl groups is 1. The van der Waals surface area contributed by atoms with Crippen LogP contribution >= 0.6 is 0 Å². The van der Waals surface area contributed by atoms with Crippen LogP contribution in [0.1, 0.15) is 46.0 Å². The third kappa shape index (κ3) is 5.88. The predicted octanol–water partition coefficient (Wildman–Crippen LogP) is 2.52. The fourth-order valence-electron chi connectivity index (χ4n) is 5.67. The van der Waals surface area contributed by atoms with Gasteiger partial charge in [-0.15, -0.1) is 0 Å². The van der Waals surface area contributed by atoms with Gasteiger partial charge in [-0.3, -0.25) is 19.0 Å². The lowest BCUT2D eigenvalue weighted by Crippen LogP contribution is -2.49. The van der Waals surface area contributed by atoms with Crippen LogP contribution in [0, 0.1) is 0 Å². The van der Waals surface area contributed by atoms with E-state index in [2.05, 4.69) is 4.90 Å². The van der Waals surface area contributed by atoms with E-state index in [-0.39, 0.29) is 47.5 Å². The normalized spacial score (nSPS) is 17.3. The molecule has 11 nitrogen and oxygen atoms in total. The number of Topliss-reactive ketones (excluding diaryl/α,β-unsaturated/α-hetero) is 1. The molecule has 2 fully saturated rings. The molecule has 0 spiro atoms. The molecule has 222 valence electrons. The third-order valence-electron chi connectivity index (χ3n) is 8.20. The number of nitrogens with zero attached hydrogens (tertiary/aromatic N) is 4. The highest BCUT2D eigenvalue weighted by molar-refractivity contribution is 6.45. The van der Waals surface area contributed by atoms with E-state index >= 15 is 0 Å². The van der Waals surface area contributed by atoms with Crippen molar-refractivity contribution in [2.24, 2.45) is 0 Å². The van der Waals surface area contributed by atoms with E-state index in [9.17, 15) is 29.4 Å². The maximum Gasteiger partial charge on any atom is 0.418 e. The molecular formula is C31H36N4O7. The van der Waals surface area contributed by atoms with Gasteiger partial charge in [0.2, 0.25) is 0 Å². The Labute approximate surface area is 243 Å². The molecule has 0 aliphatic carbocycles. The van der Waals surface area contributed by atoms with E-state index < -0.39 is 29.3 Å². The minimum atomic E-state index is -0.954. The first-order valence-corrected chi connectivity index (χ1v) is 14.2. The fourth-order valence-corrected chi connectivity index (χ4v) is 5.67. The maximum atomic E-state index is 13.6. The number of hydrogen-bond donors (Lipinski definition) is 2. The number of phenols is 1. The molecule has 2 saturated heterocycles. The summed E-state index contributed by atoms with van der Waals surface area (Å²) in [7, 11) is 1.94. The summed E-state index contributed by atoms with van der Waals surface area (Å²) in [6.07, 6.45) is 1.65. The number of ether oxygens (including phenoxy) is 1. The van der Waals surface area contributed by atoms with Gasteiger partial charge in [0.15, 0.2) is 0 Å². The summed E-state index contributed by atoms with van der Waals surface area (Å²) in [6.45, 7) is 4.32. The second-order valence-electron chi connectivity index (χ2n) is 11.1. The molecule has 3 heterocycles. The standard InChI is InChI=1S/C31H36N4O7/c1-3-42-30(40)35-20-24(27(37)29(39)34-15-13-32(2)14-16-34)22-17-23(26(36)18-25(22)35)28(38)33-11-9-31(41,10-12-33)19-21-7-5-4-6-8-21/h4-8,17-18,20,36,41H,3,9-16,19H2,1-2H3. The molecule has 1 aromatic heterocycles. The zero-order valence-corrected chi connectivity index (χ0v) is 23.9. The largest absolute Gasteiger partial charge is 0.507 e. The number of benzene rings is 2. The summed E-state index contributed by atoms with van der Waals surface area (Å²) in [6, 6.07) is 12.3. The zero-order chi connectivity index (χ0) is 30.0. The maximum absolute atomic E-state index is 13.6. The van der Waals surface area contributed by atoms with Crippen molar-refractivity contribution < 1.29 is 34.1 Å². The minimum absolute atomic E-state index is 0.0492. The Morgan fingerprint density at radius 1 is 0.905 bits per heavy atom. The van der Waals surface area contributed by atoms with E-state index in [1.807, 2.05) is 37.4 Å². The molecule has 0 radical (unpaired) electrons. The van der Waals surface area contributed by atoms with Crippen molar-refractivity contribution in [1.82, 2.24) is 19.3 Å². The van der Waals surface area contributed by atoms with Crippen molar-refractivity contribution in [2.45, 2.75) is 31.8 Å². The molecule has 42 heavy (non-hydrogen) atoms. The van der Waals surface area contributed by atoms with Crippen molar-refractivity contribution in [2.75, 3.05) is 52.9 Å². The molecule has 0 saturated carbocycles. The van der Waals surface area contributed by atoms with Gasteiger partial charge in [-0.2, -0.15) is 0 Å². The minimum Gasteiger partial charge on any atom is -0.507 e. The predicted molar refractivity (Wildman–Crippen MR) is 155 cm³/mol.